The molecule has 0 fully saturated rings. The van der Waals surface area contributed by atoms with Crippen molar-refractivity contribution >= 4 is 5.95 Å². The van der Waals surface area contributed by atoms with Crippen molar-refractivity contribution in [2.45, 2.75) is 12.6 Å². The van der Waals surface area contributed by atoms with Crippen molar-refractivity contribution in [3.63, 3.8) is 0 Å². The summed E-state index contributed by atoms with van der Waals surface area (Å²) in [5.41, 5.74) is 0.410. The van der Waals surface area contributed by atoms with Gasteiger partial charge in [0.25, 0.3) is 0 Å². The predicted octanol–water partition coefficient (Wildman–Crippen LogP) is -0.0660. The molecule has 2 heterocycles. The normalized spacial score (nSPS) is 12.5. The van der Waals surface area contributed by atoms with Gasteiger partial charge in [-0.25, -0.2) is 13.6 Å². The zero-order valence-electron chi connectivity index (χ0n) is 9.76. The lowest BCUT2D eigenvalue weighted by Crippen LogP contribution is -2.15. The van der Waals surface area contributed by atoms with Crippen LogP contribution in [0.3, 0.4) is 0 Å². The van der Waals surface area contributed by atoms with Gasteiger partial charge in [0.15, 0.2) is 0 Å². The summed E-state index contributed by atoms with van der Waals surface area (Å²) in [6.07, 6.45) is 4.18. The molecule has 0 aliphatic rings. The molecule has 2 rings (SSSR count). The van der Waals surface area contributed by atoms with Crippen molar-refractivity contribution in [1.82, 2.24) is 24.5 Å². The van der Waals surface area contributed by atoms with Gasteiger partial charge in [-0.2, -0.15) is 0 Å². The van der Waals surface area contributed by atoms with E-state index in [2.05, 4.69) is 15.3 Å². The Kier molecular flexibility index (Phi) is 3.80. The van der Waals surface area contributed by atoms with Crippen LogP contribution in [0.15, 0.2) is 18.6 Å². The third kappa shape index (κ3) is 2.73. The van der Waals surface area contributed by atoms with Gasteiger partial charge < -0.3 is 15.2 Å². The summed E-state index contributed by atoms with van der Waals surface area (Å²) >= 11 is 0. The van der Waals surface area contributed by atoms with Crippen LogP contribution < -0.4 is 0 Å². The average Bonchev–Trinajstić information content (AvgIpc) is 3.01. The summed E-state index contributed by atoms with van der Waals surface area (Å²) < 4.78 is 15.0. The summed E-state index contributed by atoms with van der Waals surface area (Å²) in [5, 5.41) is 27.1. The number of nitro groups is 1. The van der Waals surface area contributed by atoms with E-state index in [9.17, 15) is 14.5 Å². The van der Waals surface area contributed by atoms with Gasteiger partial charge >= 0.3 is 5.95 Å². The number of hydrogen-bond acceptors (Lipinski definition) is 6. The number of rotatable bonds is 6. The van der Waals surface area contributed by atoms with E-state index in [1.54, 1.807) is 0 Å². The van der Waals surface area contributed by atoms with E-state index in [0.717, 1.165) is 0 Å². The smallest absolute Gasteiger partial charge is 0.394 e. The molecular formula is C9H11FN6O3. The van der Waals surface area contributed by atoms with Gasteiger partial charge in [0, 0.05) is 0 Å². The molecule has 0 radical (unpaired) electrons. The van der Waals surface area contributed by atoms with Crippen molar-refractivity contribution in [3.8, 4) is 0 Å². The van der Waals surface area contributed by atoms with E-state index in [-0.39, 0.29) is 12.5 Å². The van der Waals surface area contributed by atoms with Crippen LogP contribution in [0, 0.1) is 10.1 Å². The quantitative estimate of drug-likeness (QED) is 0.581. The lowest BCUT2D eigenvalue weighted by Gasteiger charge is -2.07. The minimum absolute atomic E-state index is 0.0980. The van der Waals surface area contributed by atoms with Crippen LogP contribution in [0.1, 0.15) is 11.7 Å². The maximum atomic E-state index is 12.5. The lowest BCUT2D eigenvalue weighted by molar-refractivity contribution is -0.396. The molecule has 0 aliphatic heterocycles. The fraction of sp³-hybridized carbons (Fsp3) is 0.444. The zero-order chi connectivity index (χ0) is 13.8. The first kappa shape index (κ1) is 13.1. The third-order valence-corrected chi connectivity index (χ3v) is 2.51. The highest BCUT2D eigenvalue weighted by atomic mass is 19.1. The number of nitrogens with zero attached hydrogens (tertiary/aromatic N) is 6. The fourth-order valence-corrected chi connectivity index (χ4v) is 1.54. The van der Waals surface area contributed by atoms with Crippen LogP contribution in [-0.2, 0) is 6.54 Å². The SMILES string of the molecule is O=[N+]([O-])c1nccn1Cc1cn(C(CO)CF)nn1. The average molecular weight is 270 g/mol. The highest BCUT2D eigenvalue weighted by Gasteiger charge is 2.17. The Balaban J connectivity index is 2.16. The predicted molar refractivity (Wildman–Crippen MR) is 60.1 cm³/mol. The summed E-state index contributed by atoms with van der Waals surface area (Å²) in [6, 6.07) is -0.793. The summed E-state index contributed by atoms with van der Waals surface area (Å²) in [5.74, 6) is -0.307. The Morgan fingerprint density at radius 2 is 2.37 bits per heavy atom. The molecule has 102 valence electrons. The molecule has 2 aromatic rings. The van der Waals surface area contributed by atoms with Crippen molar-refractivity contribution in [2.75, 3.05) is 13.3 Å². The Labute approximate surface area is 106 Å². The molecule has 1 N–H and O–H groups in total. The number of alkyl halides is 1. The highest BCUT2D eigenvalue weighted by Crippen LogP contribution is 2.11. The number of halogens is 1. The molecule has 0 saturated carbocycles. The van der Waals surface area contributed by atoms with Crippen molar-refractivity contribution in [3.05, 3.63) is 34.4 Å². The number of aromatic nitrogens is 5. The van der Waals surface area contributed by atoms with Crippen molar-refractivity contribution in [2.24, 2.45) is 0 Å². The van der Waals surface area contributed by atoms with Gasteiger partial charge in [-0.1, -0.05) is 10.2 Å². The van der Waals surface area contributed by atoms with Crippen molar-refractivity contribution < 1.29 is 14.4 Å². The molecule has 1 unspecified atom stereocenters. The molecule has 10 heteroatoms. The summed E-state index contributed by atoms with van der Waals surface area (Å²) in [6.45, 7) is -1.07. The van der Waals surface area contributed by atoms with E-state index in [0.29, 0.717) is 5.69 Å². The maximum absolute atomic E-state index is 12.5. The maximum Gasteiger partial charge on any atom is 0.434 e. The van der Waals surface area contributed by atoms with Gasteiger partial charge in [-0.3, -0.25) is 0 Å². The molecule has 0 amide bonds. The molecule has 19 heavy (non-hydrogen) atoms. The van der Waals surface area contributed by atoms with Gasteiger partial charge in [0.1, 0.15) is 37.3 Å². The van der Waals surface area contributed by atoms with Crippen LogP contribution in [0.4, 0.5) is 10.3 Å². The largest absolute Gasteiger partial charge is 0.434 e. The molecule has 2 aromatic heterocycles. The van der Waals surface area contributed by atoms with E-state index >= 15 is 0 Å². The Morgan fingerprint density at radius 3 is 3.00 bits per heavy atom. The number of imidazole rings is 1. The minimum Gasteiger partial charge on any atom is -0.394 e. The highest BCUT2D eigenvalue weighted by molar-refractivity contribution is 5.09. The first-order valence-electron chi connectivity index (χ1n) is 5.38. The molecule has 0 spiro atoms. The van der Waals surface area contributed by atoms with Gasteiger partial charge in [0.05, 0.1) is 12.8 Å². The van der Waals surface area contributed by atoms with Gasteiger partial charge in [-0.05, 0) is 4.92 Å². The first-order chi connectivity index (χ1) is 9.15. The standard InChI is InChI=1S/C9H11FN6O3/c10-3-8(6-17)15-5-7(12-13-15)4-14-2-1-11-9(14)16(18)19/h1-2,5,8,17H,3-4,6H2. The first-order valence-corrected chi connectivity index (χ1v) is 5.38. The topological polar surface area (TPSA) is 112 Å². The summed E-state index contributed by atoms with van der Waals surface area (Å²) in [4.78, 5) is 13.7. The van der Waals surface area contributed by atoms with E-state index < -0.39 is 24.2 Å². The van der Waals surface area contributed by atoms with Gasteiger partial charge in [0.2, 0.25) is 0 Å². The second-order valence-corrected chi connectivity index (χ2v) is 3.79. The second-order valence-electron chi connectivity index (χ2n) is 3.79. The van der Waals surface area contributed by atoms with Crippen LogP contribution in [0.5, 0.6) is 0 Å². The van der Waals surface area contributed by atoms with E-state index in [1.165, 1.54) is 27.8 Å². The third-order valence-electron chi connectivity index (χ3n) is 2.51. The van der Waals surface area contributed by atoms with Crippen LogP contribution in [-0.4, -0.2) is 47.9 Å². The minimum atomic E-state index is -0.793. The molecule has 0 aliphatic carbocycles. The molecule has 0 aromatic carbocycles. The second kappa shape index (κ2) is 5.52. The van der Waals surface area contributed by atoms with Crippen LogP contribution in [0.25, 0.3) is 0 Å². The number of hydrogen-bond donors (Lipinski definition) is 1. The Morgan fingerprint density at radius 1 is 1.58 bits per heavy atom. The molecule has 0 saturated heterocycles. The van der Waals surface area contributed by atoms with E-state index in [1.807, 2.05) is 0 Å². The lowest BCUT2D eigenvalue weighted by atomic mass is 10.3. The molecule has 1 atom stereocenters. The fourth-order valence-electron chi connectivity index (χ4n) is 1.54. The van der Waals surface area contributed by atoms with E-state index in [4.69, 9.17) is 5.11 Å². The van der Waals surface area contributed by atoms with Crippen LogP contribution in [0.2, 0.25) is 0 Å². The van der Waals surface area contributed by atoms with Crippen molar-refractivity contribution in [1.29, 1.82) is 0 Å². The Bertz CT molecular complexity index is 564. The number of aliphatic hydroxyl groups excluding tert-OH is 1. The molecule has 9 nitrogen and oxygen atoms in total. The summed E-state index contributed by atoms with van der Waals surface area (Å²) in [7, 11) is 0. The monoisotopic (exact) mass is 270 g/mol. The zero-order valence-corrected chi connectivity index (χ0v) is 9.76. The van der Waals surface area contributed by atoms with Gasteiger partial charge in [-0.15, -0.1) is 5.10 Å². The molecular weight excluding hydrogens is 259 g/mol. The Hall–Kier alpha value is -2.36. The number of aliphatic hydroxyl groups is 1. The van der Waals surface area contributed by atoms with Crippen LogP contribution >= 0.6 is 0 Å². The molecule has 0 bridgehead atoms.